The van der Waals surface area contributed by atoms with Gasteiger partial charge >= 0.3 is 5.97 Å². The van der Waals surface area contributed by atoms with Crippen molar-refractivity contribution in [3.05, 3.63) is 125 Å². The summed E-state index contributed by atoms with van der Waals surface area (Å²) in [6.07, 6.45) is 5.68. The van der Waals surface area contributed by atoms with Crippen molar-refractivity contribution >= 4 is 28.5 Å². The summed E-state index contributed by atoms with van der Waals surface area (Å²) in [5.74, 6) is 0.682. The van der Waals surface area contributed by atoms with Crippen LogP contribution >= 0.6 is 11.6 Å². The first kappa shape index (κ1) is 27.6. The summed E-state index contributed by atoms with van der Waals surface area (Å²) in [5.41, 5.74) is 3.71. The maximum Gasteiger partial charge on any atom is 0.338 e. The number of piperidine rings is 3. The van der Waals surface area contributed by atoms with Crippen LogP contribution in [0, 0.1) is 11.8 Å². The van der Waals surface area contributed by atoms with Crippen LogP contribution in [0.1, 0.15) is 40.4 Å². The summed E-state index contributed by atoms with van der Waals surface area (Å²) < 4.78 is 7.39. The Morgan fingerprint density at radius 2 is 1.87 bits per heavy atom. The lowest BCUT2D eigenvalue weighted by molar-refractivity contribution is -0.984. The van der Waals surface area contributed by atoms with E-state index in [1.165, 1.54) is 5.56 Å². The number of fused-ring (bicyclic) bond motifs is 4. The summed E-state index contributed by atoms with van der Waals surface area (Å²) in [4.78, 5) is 18.2. The summed E-state index contributed by atoms with van der Waals surface area (Å²) >= 11 is 6.41. The zero-order valence-corrected chi connectivity index (χ0v) is 24.1. The van der Waals surface area contributed by atoms with E-state index in [1.54, 1.807) is 0 Å². The number of carbonyl (C=O) groups is 1. The number of hydrogen-bond donors (Lipinski definition) is 0. The van der Waals surface area contributed by atoms with Gasteiger partial charge in [-0.3, -0.25) is 4.98 Å². The molecule has 0 spiro atoms. The minimum absolute atomic E-state index is 0. The van der Waals surface area contributed by atoms with Gasteiger partial charge in [0, 0.05) is 46.5 Å². The molecule has 2 bridgehead atoms. The van der Waals surface area contributed by atoms with E-state index in [2.05, 4.69) is 35.8 Å². The molecule has 0 radical (unpaired) electrons. The number of hydrogen-bond acceptors (Lipinski definition) is 3. The summed E-state index contributed by atoms with van der Waals surface area (Å²) in [6, 6.07) is 27.8. The maximum absolute atomic E-state index is 13.6. The van der Waals surface area contributed by atoms with E-state index in [4.69, 9.17) is 16.3 Å². The molecule has 4 aromatic rings. The SMILES string of the molecule is C=C[C@H]1C[N+]2(Cc3cccc(Cl)c3)CC[C@H]1C[C@@H]2[C@@H](OC(=O)c1ccccc1)c1ccnc2ccccc12.[Br-]. The first-order chi connectivity index (χ1) is 18.6. The first-order valence-electron chi connectivity index (χ1n) is 13.4. The van der Waals surface area contributed by atoms with Crippen LogP contribution in [0.4, 0.5) is 0 Å². The number of rotatable bonds is 7. The number of quaternary nitrogens is 1. The zero-order chi connectivity index (χ0) is 26.1. The lowest BCUT2D eigenvalue weighted by atomic mass is 9.71. The Kier molecular flexibility index (Phi) is 8.22. The van der Waals surface area contributed by atoms with Crippen molar-refractivity contribution in [1.82, 2.24) is 4.98 Å². The van der Waals surface area contributed by atoms with Crippen molar-refractivity contribution in [3.8, 4) is 0 Å². The highest BCUT2D eigenvalue weighted by atomic mass is 79.9. The number of halogens is 2. The zero-order valence-electron chi connectivity index (χ0n) is 21.8. The second kappa shape index (κ2) is 11.6. The normalized spacial score (nSPS) is 24.5. The molecule has 0 saturated carbocycles. The minimum atomic E-state index is -0.414. The number of nitrogens with zero attached hydrogens (tertiary/aromatic N) is 2. The molecule has 4 heterocycles. The summed E-state index contributed by atoms with van der Waals surface area (Å²) in [6.45, 7) is 7.04. The van der Waals surface area contributed by atoms with Crippen molar-refractivity contribution < 1.29 is 31.0 Å². The molecule has 3 fully saturated rings. The molecule has 0 aliphatic carbocycles. The third-order valence-corrected chi connectivity index (χ3v) is 8.88. The topological polar surface area (TPSA) is 39.2 Å². The fraction of sp³-hybridized carbons (Fsp3) is 0.273. The number of benzene rings is 3. The maximum atomic E-state index is 13.6. The molecule has 7 rings (SSSR count). The molecule has 200 valence electrons. The number of aromatic nitrogens is 1. The van der Waals surface area contributed by atoms with E-state index in [-0.39, 0.29) is 29.0 Å². The van der Waals surface area contributed by atoms with Gasteiger partial charge in [0.15, 0.2) is 6.10 Å². The third kappa shape index (κ3) is 5.41. The number of ether oxygens (including phenoxy) is 1. The summed E-state index contributed by atoms with van der Waals surface area (Å²) in [7, 11) is 0. The van der Waals surface area contributed by atoms with Crippen molar-refractivity contribution in [2.75, 3.05) is 13.1 Å². The summed E-state index contributed by atoms with van der Waals surface area (Å²) in [5, 5.41) is 1.78. The molecule has 1 aromatic heterocycles. The fourth-order valence-electron chi connectivity index (χ4n) is 6.84. The molecule has 6 heteroatoms. The number of pyridine rings is 1. The average Bonchev–Trinajstić information content (AvgIpc) is 2.96. The minimum Gasteiger partial charge on any atom is -1.00 e. The monoisotopic (exact) mass is 602 g/mol. The lowest BCUT2D eigenvalue weighted by Gasteiger charge is -2.58. The molecule has 3 aromatic carbocycles. The van der Waals surface area contributed by atoms with Gasteiger partial charge in [-0.15, -0.1) is 6.58 Å². The average molecular weight is 604 g/mol. The van der Waals surface area contributed by atoms with Crippen LogP contribution in [0.15, 0.2) is 104 Å². The highest BCUT2D eigenvalue weighted by Gasteiger charge is 2.55. The van der Waals surface area contributed by atoms with Crippen molar-refractivity contribution in [3.63, 3.8) is 0 Å². The van der Waals surface area contributed by atoms with Gasteiger partial charge < -0.3 is 26.2 Å². The van der Waals surface area contributed by atoms with Gasteiger partial charge in [-0.25, -0.2) is 4.79 Å². The van der Waals surface area contributed by atoms with E-state index >= 15 is 0 Å². The molecule has 0 N–H and O–H groups in total. The van der Waals surface area contributed by atoms with Gasteiger partial charge in [0.1, 0.15) is 12.6 Å². The van der Waals surface area contributed by atoms with Crippen LogP contribution in [0.25, 0.3) is 10.9 Å². The second-order valence-corrected chi connectivity index (χ2v) is 11.2. The Morgan fingerprint density at radius 1 is 1.08 bits per heavy atom. The van der Waals surface area contributed by atoms with E-state index in [0.29, 0.717) is 17.4 Å². The van der Waals surface area contributed by atoms with Gasteiger partial charge in [-0.2, -0.15) is 0 Å². The van der Waals surface area contributed by atoms with Crippen molar-refractivity contribution in [2.24, 2.45) is 11.8 Å². The predicted octanol–water partition coefficient (Wildman–Crippen LogP) is 4.40. The molecule has 4 nitrogen and oxygen atoms in total. The van der Waals surface area contributed by atoms with Crippen LogP contribution in [0.5, 0.6) is 0 Å². The van der Waals surface area contributed by atoms with Crippen LogP contribution in [-0.2, 0) is 11.3 Å². The Labute approximate surface area is 245 Å². The molecule has 0 amide bonds. The smallest absolute Gasteiger partial charge is 0.338 e. The standard InChI is InChI=1S/C33H32ClN2O2.BrH/c1-2-24-22-36(21-23-9-8-12-27(34)19-23)18-16-26(24)20-31(36)32(38-33(37)25-10-4-3-5-11-25)29-15-17-35-30-14-7-6-13-28(29)30;/h2-15,17,19,24,26,31-32H,1,16,18,20-22H2;1H/q+1;/p-1/t24-,26-,31+,32-,36?;/m0./s1. The quantitative estimate of drug-likeness (QED) is 0.179. The Hall–Kier alpha value is -2.99. The number of carbonyl (C=O) groups excluding carboxylic acids is 1. The van der Waals surface area contributed by atoms with Crippen molar-refractivity contribution in [1.29, 1.82) is 0 Å². The van der Waals surface area contributed by atoms with E-state index in [1.807, 2.05) is 72.9 Å². The largest absolute Gasteiger partial charge is 1.00 e. The van der Waals surface area contributed by atoms with E-state index < -0.39 is 6.10 Å². The number of para-hydroxylation sites is 1. The molecular formula is C33H32BrClN2O2. The van der Waals surface area contributed by atoms with Crippen molar-refractivity contribution in [2.45, 2.75) is 31.5 Å². The molecule has 1 unspecified atom stereocenters. The van der Waals surface area contributed by atoms with Crippen LogP contribution in [0.2, 0.25) is 5.02 Å². The Balaban J connectivity index is 0.00000308. The predicted molar refractivity (Wildman–Crippen MR) is 152 cm³/mol. The van der Waals surface area contributed by atoms with Gasteiger partial charge in [0.25, 0.3) is 0 Å². The van der Waals surface area contributed by atoms with Gasteiger partial charge in [-0.05, 0) is 42.3 Å². The molecule has 5 atom stereocenters. The highest BCUT2D eigenvalue weighted by Crippen LogP contribution is 2.49. The highest BCUT2D eigenvalue weighted by molar-refractivity contribution is 6.30. The molecule has 39 heavy (non-hydrogen) atoms. The van der Waals surface area contributed by atoms with Gasteiger partial charge in [0.05, 0.1) is 24.2 Å². The second-order valence-electron chi connectivity index (χ2n) is 10.8. The molecule has 3 saturated heterocycles. The van der Waals surface area contributed by atoms with Gasteiger partial charge in [-0.1, -0.05) is 66.2 Å². The first-order valence-corrected chi connectivity index (χ1v) is 13.8. The van der Waals surface area contributed by atoms with Crippen LogP contribution in [0.3, 0.4) is 0 Å². The van der Waals surface area contributed by atoms with E-state index in [9.17, 15) is 4.79 Å². The molecule has 3 aliphatic heterocycles. The lowest BCUT2D eigenvalue weighted by Crippen LogP contribution is -3.00. The third-order valence-electron chi connectivity index (χ3n) is 8.64. The Bertz CT molecular complexity index is 1470. The Morgan fingerprint density at radius 3 is 2.67 bits per heavy atom. The molecule has 3 aliphatic rings. The van der Waals surface area contributed by atoms with Gasteiger partial charge in [0.2, 0.25) is 0 Å². The van der Waals surface area contributed by atoms with E-state index in [0.717, 1.165) is 58.4 Å². The fourth-order valence-corrected chi connectivity index (χ4v) is 7.05. The van der Waals surface area contributed by atoms with Crippen LogP contribution in [-0.4, -0.2) is 34.6 Å². The number of esters is 1. The molecular weight excluding hydrogens is 572 g/mol. The van der Waals surface area contributed by atoms with Crippen LogP contribution < -0.4 is 17.0 Å².